The molecular weight excluding hydrogens is 318 g/mol. The van der Waals surface area contributed by atoms with Crippen molar-refractivity contribution in [3.8, 4) is 5.75 Å². The summed E-state index contributed by atoms with van der Waals surface area (Å²) in [5.74, 6) is 0.570. The molecule has 1 N–H and O–H groups in total. The maximum absolute atomic E-state index is 12.1. The number of methoxy groups -OCH3 is 1. The smallest absolute Gasteiger partial charge is 0.224 e. The quantitative estimate of drug-likeness (QED) is 0.781. The molecule has 126 valence electrons. The molecule has 1 amide bonds. The van der Waals surface area contributed by atoms with E-state index in [1.807, 2.05) is 0 Å². The molecule has 7 heteroatoms. The molecule has 2 rings (SSSR count). The Balaban J connectivity index is 1.97. The molecule has 1 heterocycles. The van der Waals surface area contributed by atoms with Crippen molar-refractivity contribution in [1.29, 1.82) is 0 Å². The minimum atomic E-state index is -2.94. The van der Waals surface area contributed by atoms with Gasteiger partial charge in [0.2, 0.25) is 5.91 Å². The summed E-state index contributed by atoms with van der Waals surface area (Å²) in [4.78, 5) is 23.5. The average Bonchev–Trinajstić information content (AvgIpc) is 2.84. The summed E-state index contributed by atoms with van der Waals surface area (Å²) in [6.07, 6.45) is 0.676. The summed E-state index contributed by atoms with van der Waals surface area (Å²) < 4.78 is 28.0. The molecule has 0 spiro atoms. The Hall–Kier alpha value is -1.89. The molecule has 6 nitrogen and oxygen atoms in total. The monoisotopic (exact) mass is 339 g/mol. The Labute approximate surface area is 136 Å². The zero-order valence-corrected chi connectivity index (χ0v) is 14.1. The molecule has 1 saturated heterocycles. The number of sulfone groups is 1. The van der Waals surface area contributed by atoms with Crippen LogP contribution >= 0.6 is 0 Å². The van der Waals surface area contributed by atoms with Gasteiger partial charge in [0.05, 0.1) is 25.0 Å². The van der Waals surface area contributed by atoms with Crippen molar-refractivity contribution in [1.82, 2.24) is 5.32 Å². The third-order valence-electron chi connectivity index (χ3n) is 3.95. The predicted octanol–water partition coefficient (Wildman–Crippen LogP) is 0.991. The van der Waals surface area contributed by atoms with E-state index in [4.69, 9.17) is 4.74 Å². The number of carbonyl (C=O) groups excluding carboxylic acids is 2. The molecule has 0 unspecified atom stereocenters. The van der Waals surface area contributed by atoms with Crippen molar-refractivity contribution in [2.24, 2.45) is 5.92 Å². The van der Waals surface area contributed by atoms with Crippen molar-refractivity contribution >= 4 is 21.5 Å². The number of benzene rings is 1. The highest BCUT2D eigenvalue weighted by Crippen LogP contribution is 2.21. The second-order valence-corrected chi connectivity index (χ2v) is 8.06. The number of amides is 1. The summed E-state index contributed by atoms with van der Waals surface area (Å²) >= 11 is 0. The van der Waals surface area contributed by atoms with Crippen molar-refractivity contribution < 1.29 is 22.7 Å². The van der Waals surface area contributed by atoms with Crippen molar-refractivity contribution in [3.63, 3.8) is 0 Å². The third-order valence-corrected chi connectivity index (χ3v) is 5.79. The number of hydrogen-bond donors (Lipinski definition) is 1. The average molecular weight is 339 g/mol. The van der Waals surface area contributed by atoms with Gasteiger partial charge in [0.1, 0.15) is 5.75 Å². The van der Waals surface area contributed by atoms with E-state index in [9.17, 15) is 18.0 Å². The lowest BCUT2D eigenvalue weighted by molar-refractivity contribution is -0.120. The summed E-state index contributed by atoms with van der Waals surface area (Å²) in [5, 5.41) is 2.77. The Morgan fingerprint density at radius 3 is 2.65 bits per heavy atom. The number of carbonyl (C=O) groups is 2. The summed E-state index contributed by atoms with van der Waals surface area (Å²) in [7, 11) is -1.43. The molecule has 0 aromatic heterocycles. The lowest BCUT2D eigenvalue weighted by Crippen LogP contribution is -2.31. The van der Waals surface area contributed by atoms with Crippen molar-refractivity contribution in [2.75, 3.05) is 25.2 Å². The van der Waals surface area contributed by atoms with E-state index in [2.05, 4.69) is 5.32 Å². The largest absolute Gasteiger partial charge is 0.496 e. The molecule has 0 saturated carbocycles. The van der Waals surface area contributed by atoms with Crippen LogP contribution in [0.3, 0.4) is 0 Å². The first kappa shape index (κ1) is 17.5. The van der Waals surface area contributed by atoms with Crippen LogP contribution in [0.4, 0.5) is 0 Å². The van der Waals surface area contributed by atoms with Gasteiger partial charge >= 0.3 is 0 Å². The van der Waals surface area contributed by atoms with E-state index in [1.54, 1.807) is 18.2 Å². The predicted molar refractivity (Wildman–Crippen MR) is 86.5 cm³/mol. The fourth-order valence-electron chi connectivity index (χ4n) is 2.66. The zero-order valence-electron chi connectivity index (χ0n) is 13.3. The number of ketones is 1. The summed E-state index contributed by atoms with van der Waals surface area (Å²) in [6.45, 7) is 1.82. The molecule has 1 atom stereocenters. The van der Waals surface area contributed by atoms with Crippen LogP contribution < -0.4 is 10.1 Å². The molecule has 0 bridgehead atoms. The van der Waals surface area contributed by atoms with E-state index in [0.717, 1.165) is 0 Å². The molecular formula is C16H21NO5S. The van der Waals surface area contributed by atoms with Gasteiger partial charge in [-0.1, -0.05) is 0 Å². The topological polar surface area (TPSA) is 89.5 Å². The van der Waals surface area contributed by atoms with Gasteiger partial charge in [0.15, 0.2) is 15.6 Å². The maximum Gasteiger partial charge on any atom is 0.224 e. The van der Waals surface area contributed by atoms with Gasteiger partial charge in [0, 0.05) is 17.7 Å². The van der Waals surface area contributed by atoms with Crippen LogP contribution in [-0.4, -0.2) is 45.3 Å². The third kappa shape index (κ3) is 4.79. The molecule has 1 aliphatic rings. The van der Waals surface area contributed by atoms with Gasteiger partial charge in [-0.05, 0) is 37.5 Å². The van der Waals surface area contributed by atoms with Gasteiger partial charge in [-0.3, -0.25) is 9.59 Å². The fourth-order valence-corrected chi connectivity index (χ4v) is 4.52. The van der Waals surface area contributed by atoms with Gasteiger partial charge in [-0.15, -0.1) is 0 Å². The number of hydrogen-bond acceptors (Lipinski definition) is 5. The van der Waals surface area contributed by atoms with E-state index in [-0.39, 0.29) is 35.5 Å². The number of nitrogens with one attached hydrogen (secondary N) is 1. The second kappa shape index (κ2) is 7.12. The van der Waals surface area contributed by atoms with E-state index in [0.29, 0.717) is 29.8 Å². The summed E-state index contributed by atoms with van der Waals surface area (Å²) in [5.41, 5.74) is 1.16. The normalized spacial score (nSPS) is 19.3. The van der Waals surface area contributed by atoms with E-state index >= 15 is 0 Å². The first-order chi connectivity index (χ1) is 10.8. The van der Waals surface area contributed by atoms with Gasteiger partial charge < -0.3 is 10.1 Å². The Kier molecular flexibility index (Phi) is 5.41. The van der Waals surface area contributed by atoms with Crippen molar-refractivity contribution in [3.05, 3.63) is 29.3 Å². The summed E-state index contributed by atoms with van der Waals surface area (Å²) in [6, 6.07) is 4.98. The van der Waals surface area contributed by atoms with Crippen LogP contribution in [0.1, 0.15) is 29.3 Å². The minimum absolute atomic E-state index is 0.0191. The van der Waals surface area contributed by atoms with Crippen LogP contribution in [0.2, 0.25) is 0 Å². The number of Topliss-reactive ketones (excluding diaryl/α,β-unsaturated/α-hetero) is 1. The van der Waals surface area contributed by atoms with Crippen LogP contribution in [0.5, 0.6) is 5.75 Å². The van der Waals surface area contributed by atoms with Crippen LogP contribution in [0.25, 0.3) is 0 Å². The number of rotatable bonds is 6. The van der Waals surface area contributed by atoms with E-state index < -0.39 is 9.84 Å². The highest BCUT2D eigenvalue weighted by Gasteiger charge is 2.27. The molecule has 23 heavy (non-hydrogen) atoms. The molecule has 0 radical (unpaired) electrons. The second-order valence-electron chi connectivity index (χ2n) is 5.83. The highest BCUT2D eigenvalue weighted by molar-refractivity contribution is 7.91. The SMILES string of the molecule is COc1ccc(C(C)=O)cc1CC(=O)NC[C@@H]1CCS(=O)(=O)C1. The molecule has 1 aromatic rings. The van der Waals surface area contributed by atoms with Gasteiger partial charge in [-0.2, -0.15) is 0 Å². The molecule has 1 fully saturated rings. The van der Waals surface area contributed by atoms with Crippen LogP contribution in [0.15, 0.2) is 18.2 Å². The maximum atomic E-state index is 12.1. The van der Waals surface area contributed by atoms with Gasteiger partial charge in [-0.25, -0.2) is 8.42 Å². The Morgan fingerprint density at radius 2 is 2.09 bits per heavy atom. The van der Waals surface area contributed by atoms with E-state index in [1.165, 1.54) is 14.0 Å². The number of ether oxygens (including phenoxy) is 1. The zero-order chi connectivity index (χ0) is 17.0. The first-order valence-electron chi connectivity index (χ1n) is 7.45. The first-order valence-corrected chi connectivity index (χ1v) is 9.28. The van der Waals surface area contributed by atoms with Crippen LogP contribution in [-0.2, 0) is 21.1 Å². The van der Waals surface area contributed by atoms with Gasteiger partial charge in [0.25, 0.3) is 0 Å². The molecule has 0 aliphatic carbocycles. The lowest BCUT2D eigenvalue weighted by atomic mass is 10.0. The fraction of sp³-hybridized carbons (Fsp3) is 0.500. The highest BCUT2D eigenvalue weighted by atomic mass is 32.2. The molecule has 1 aromatic carbocycles. The standard InChI is InChI=1S/C16H21NO5S/c1-11(18)13-3-4-15(22-2)14(7-13)8-16(19)17-9-12-5-6-23(20,21)10-12/h3-4,7,12H,5-6,8-10H2,1-2H3,(H,17,19)/t12-/m0/s1. The minimum Gasteiger partial charge on any atom is -0.496 e. The van der Waals surface area contributed by atoms with Crippen LogP contribution in [0, 0.1) is 5.92 Å². The Bertz CT molecular complexity index is 711. The Morgan fingerprint density at radius 1 is 1.35 bits per heavy atom. The molecule has 1 aliphatic heterocycles. The van der Waals surface area contributed by atoms with Crippen molar-refractivity contribution in [2.45, 2.75) is 19.8 Å². The lowest BCUT2D eigenvalue weighted by Gasteiger charge is -2.12.